The Balaban J connectivity index is 2.08. The molecule has 1 amide bonds. The summed E-state index contributed by atoms with van der Waals surface area (Å²) in [6.07, 6.45) is 9.79. The SMILES string of the molecule is C=C/C=C(\C=C)NC(=O)c1c(N2CCCC(F)(F)CC2)ncc(-c2cnn(C)c2)c1C. The Labute approximate surface area is 181 Å². The molecule has 2 aromatic rings. The number of halogens is 2. The molecule has 0 radical (unpaired) electrons. The predicted molar refractivity (Wildman–Crippen MR) is 118 cm³/mol. The van der Waals surface area contributed by atoms with E-state index in [4.69, 9.17) is 0 Å². The Morgan fingerprint density at radius 2 is 2.03 bits per heavy atom. The summed E-state index contributed by atoms with van der Waals surface area (Å²) in [6, 6.07) is 0. The van der Waals surface area contributed by atoms with Crippen LogP contribution in [0.5, 0.6) is 0 Å². The number of nitrogens with one attached hydrogen (secondary N) is 1. The van der Waals surface area contributed by atoms with E-state index in [9.17, 15) is 13.6 Å². The van der Waals surface area contributed by atoms with Crippen molar-refractivity contribution in [2.75, 3.05) is 18.0 Å². The molecule has 3 rings (SSSR count). The van der Waals surface area contributed by atoms with Gasteiger partial charge in [-0.2, -0.15) is 5.10 Å². The highest BCUT2D eigenvalue weighted by atomic mass is 19.3. The second-order valence-corrected chi connectivity index (χ2v) is 7.61. The number of anilines is 1. The molecule has 164 valence electrons. The third-order valence-corrected chi connectivity index (χ3v) is 5.35. The topological polar surface area (TPSA) is 63.1 Å². The first-order valence-electron chi connectivity index (χ1n) is 10.1. The second kappa shape index (κ2) is 9.24. The van der Waals surface area contributed by atoms with Gasteiger partial charge in [-0.25, -0.2) is 13.8 Å². The number of hydrogen-bond donors (Lipinski definition) is 1. The number of carbonyl (C=O) groups is 1. The normalized spacial score (nSPS) is 16.5. The number of allylic oxidation sites excluding steroid dienone is 3. The van der Waals surface area contributed by atoms with Gasteiger partial charge >= 0.3 is 0 Å². The van der Waals surface area contributed by atoms with Crippen LogP contribution in [-0.2, 0) is 7.05 Å². The highest BCUT2D eigenvalue weighted by Crippen LogP contribution is 2.34. The first kappa shape index (κ1) is 22.4. The van der Waals surface area contributed by atoms with Crippen molar-refractivity contribution in [3.05, 3.63) is 66.8 Å². The van der Waals surface area contributed by atoms with Crippen LogP contribution in [0.1, 0.15) is 35.2 Å². The summed E-state index contributed by atoms with van der Waals surface area (Å²) in [5.74, 6) is -2.68. The Bertz CT molecular complexity index is 1020. The molecule has 1 aliphatic heterocycles. The van der Waals surface area contributed by atoms with Gasteiger partial charge in [-0.3, -0.25) is 9.48 Å². The molecule has 0 spiro atoms. The smallest absolute Gasteiger partial charge is 0.259 e. The van der Waals surface area contributed by atoms with Crippen molar-refractivity contribution in [1.29, 1.82) is 0 Å². The number of aromatic nitrogens is 3. The molecule has 1 fully saturated rings. The number of amides is 1. The van der Waals surface area contributed by atoms with Gasteiger partial charge in [0.25, 0.3) is 5.91 Å². The molecule has 8 heteroatoms. The Morgan fingerprint density at radius 3 is 2.68 bits per heavy atom. The van der Waals surface area contributed by atoms with Crippen LogP contribution in [0, 0.1) is 6.92 Å². The van der Waals surface area contributed by atoms with Gasteiger partial charge in [-0.1, -0.05) is 19.2 Å². The molecule has 1 saturated heterocycles. The average Bonchev–Trinajstić information content (AvgIpc) is 3.06. The first-order chi connectivity index (χ1) is 14.8. The minimum Gasteiger partial charge on any atom is -0.356 e. The Morgan fingerprint density at radius 1 is 1.26 bits per heavy atom. The van der Waals surface area contributed by atoms with Gasteiger partial charge in [0.2, 0.25) is 5.92 Å². The molecule has 0 aliphatic carbocycles. The zero-order valence-corrected chi connectivity index (χ0v) is 17.9. The van der Waals surface area contributed by atoms with Crippen LogP contribution in [0.15, 0.2) is 55.7 Å². The fourth-order valence-corrected chi connectivity index (χ4v) is 3.71. The van der Waals surface area contributed by atoms with Crippen LogP contribution in [0.25, 0.3) is 11.1 Å². The van der Waals surface area contributed by atoms with E-state index in [-0.39, 0.29) is 25.3 Å². The van der Waals surface area contributed by atoms with Crippen LogP contribution < -0.4 is 10.2 Å². The van der Waals surface area contributed by atoms with Gasteiger partial charge < -0.3 is 10.2 Å². The fourth-order valence-electron chi connectivity index (χ4n) is 3.71. The third-order valence-electron chi connectivity index (χ3n) is 5.35. The number of aryl methyl sites for hydroxylation is 1. The van der Waals surface area contributed by atoms with E-state index in [1.165, 1.54) is 6.08 Å². The molecule has 0 aromatic carbocycles. The number of nitrogens with zero attached hydrogens (tertiary/aromatic N) is 4. The summed E-state index contributed by atoms with van der Waals surface area (Å²) in [6.45, 7) is 9.72. The van der Waals surface area contributed by atoms with Crippen LogP contribution in [-0.4, -0.2) is 39.7 Å². The lowest BCUT2D eigenvalue weighted by Gasteiger charge is -2.26. The van der Waals surface area contributed by atoms with Gasteiger partial charge in [-0.15, -0.1) is 0 Å². The minimum absolute atomic E-state index is 0.128. The molecular formula is C23H27F2N5O. The third kappa shape index (κ3) is 5.07. The summed E-state index contributed by atoms with van der Waals surface area (Å²) in [7, 11) is 1.81. The fraction of sp³-hybridized carbons (Fsp3) is 0.348. The number of hydrogen-bond acceptors (Lipinski definition) is 4. The highest BCUT2D eigenvalue weighted by molar-refractivity contribution is 6.03. The van der Waals surface area contributed by atoms with E-state index < -0.39 is 5.92 Å². The number of alkyl halides is 2. The van der Waals surface area contributed by atoms with Crippen molar-refractivity contribution in [2.24, 2.45) is 7.05 Å². The lowest BCUT2D eigenvalue weighted by atomic mass is 9.99. The number of rotatable bonds is 6. The van der Waals surface area contributed by atoms with E-state index in [1.807, 2.05) is 20.2 Å². The molecule has 3 heterocycles. The van der Waals surface area contributed by atoms with Crippen LogP contribution in [0.3, 0.4) is 0 Å². The van der Waals surface area contributed by atoms with E-state index in [0.29, 0.717) is 35.6 Å². The first-order valence-corrected chi connectivity index (χ1v) is 10.1. The van der Waals surface area contributed by atoms with E-state index in [0.717, 1.165) is 11.1 Å². The van der Waals surface area contributed by atoms with E-state index in [2.05, 4.69) is 28.6 Å². The van der Waals surface area contributed by atoms with Crippen molar-refractivity contribution in [3.63, 3.8) is 0 Å². The summed E-state index contributed by atoms with van der Waals surface area (Å²) in [5.41, 5.74) is 3.12. The summed E-state index contributed by atoms with van der Waals surface area (Å²) in [5, 5.41) is 7.01. The summed E-state index contributed by atoms with van der Waals surface area (Å²) >= 11 is 0. The highest BCUT2D eigenvalue weighted by Gasteiger charge is 2.33. The maximum atomic E-state index is 13.9. The predicted octanol–water partition coefficient (Wildman–Crippen LogP) is 4.40. The van der Waals surface area contributed by atoms with Crippen LogP contribution in [0.2, 0.25) is 0 Å². The molecule has 6 nitrogen and oxygen atoms in total. The molecular weight excluding hydrogens is 400 g/mol. The molecule has 2 aromatic heterocycles. The van der Waals surface area contributed by atoms with Crippen molar-refractivity contribution >= 4 is 11.7 Å². The molecule has 1 N–H and O–H groups in total. The molecule has 0 unspecified atom stereocenters. The maximum Gasteiger partial charge on any atom is 0.259 e. The standard InChI is InChI=1S/C23H27F2N5O/c1-5-8-18(6-2)28-22(31)20-16(3)19(17-13-27-29(4)15-17)14-26-21(20)30-11-7-9-23(24,25)10-12-30/h5-6,8,13-15H,1-2,7,9-12H2,3-4H3,(H,28,31)/b18-8+. The zero-order chi connectivity index (χ0) is 22.6. The Hall–Kier alpha value is -3.29. The molecule has 0 bridgehead atoms. The lowest BCUT2D eigenvalue weighted by Crippen LogP contribution is -2.31. The van der Waals surface area contributed by atoms with Gasteiger partial charge in [0.15, 0.2) is 0 Å². The van der Waals surface area contributed by atoms with Crippen molar-refractivity contribution < 1.29 is 13.6 Å². The van der Waals surface area contributed by atoms with E-state index >= 15 is 0 Å². The monoisotopic (exact) mass is 427 g/mol. The second-order valence-electron chi connectivity index (χ2n) is 7.61. The van der Waals surface area contributed by atoms with Gasteiger partial charge in [-0.05, 0) is 31.1 Å². The maximum absolute atomic E-state index is 13.9. The molecule has 0 saturated carbocycles. The van der Waals surface area contributed by atoms with Crippen molar-refractivity contribution in [2.45, 2.75) is 32.1 Å². The zero-order valence-electron chi connectivity index (χ0n) is 17.9. The summed E-state index contributed by atoms with van der Waals surface area (Å²) < 4.78 is 29.5. The van der Waals surface area contributed by atoms with Crippen LogP contribution >= 0.6 is 0 Å². The average molecular weight is 427 g/mol. The van der Waals surface area contributed by atoms with Gasteiger partial charge in [0.05, 0.1) is 11.8 Å². The van der Waals surface area contributed by atoms with E-state index in [1.54, 1.807) is 34.1 Å². The quantitative estimate of drug-likeness (QED) is 0.694. The van der Waals surface area contributed by atoms with Crippen molar-refractivity contribution in [1.82, 2.24) is 20.1 Å². The molecule has 1 aliphatic rings. The lowest BCUT2D eigenvalue weighted by molar-refractivity contribution is -0.0102. The largest absolute Gasteiger partial charge is 0.356 e. The van der Waals surface area contributed by atoms with Crippen LogP contribution in [0.4, 0.5) is 14.6 Å². The molecule has 0 atom stereocenters. The van der Waals surface area contributed by atoms with Crippen molar-refractivity contribution in [3.8, 4) is 11.1 Å². The van der Waals surface area contributed by atoms with Gasteiger partial charge in [0, 0.05) is 62.2 Å². The number of carbonyl (C=O) groups excluding carboxylic acids is 1. The van der Waals surface area contributed by atoms with Gasteiger partial charge in [0.1, 0.15) is 5.82 Å². The summed E-state index contributed by atoms with van der Waals surface area (Å²) in [4.78, 5) is 19.6. The molecule has 31 heavy (non-hydrogen) atoms. The number of pyridine rings is 1. The minimum atomic E-state index is -2.70. The Kier molecular flexibility index (Phi) is 6.68.